The lowest BCUT2D eigenvalue weighted by molar-refractivity contribution is 0.0740. The Bertz CT molecular complexity index is 775. The molecule has 1 N–H and O–H groups in total. The molecule has 150 valence electrons. The molecule has 9 heteroatoms. The van der Waals surface area contributed by atoms with Crippen LogP contribution in [0, 0.1) is 6.92 Å². The molecule has 0 radical (unpaired) electrons. The number of piperazine rings is 1. The summed E-state index contributed by atoms with van der Waals surface area (Å²) in [5.41, 5.74) is 0.437. The van der Waals surface area contributed by atoms with Gasteiger partial charge in [0.2, 0.25) is 5.95 Å². The average Bonchev–Trinajstić information content (AvgIpc) is 2.71. The molecule has 1 fully saturated rings. The summed E-state index contributed by atoms with van der Waals surface area (Å²) in [4.78, 5) is 36.3. The summed E-state index contributed by atoms with van der Waals surface area (Å²) in [5.74, 6) is 1.94. The minimum absolute atomic E-state index is 0.0597. The van der Waals surface area contributed by atoms with Crippen molar-refractivity contribution in [3.8, 4) is 0 Å². The lowest BCUT2D eigenvalue weighted by Crippen LogP contribution is -2.49. The highest BCUT2D eigenvalue weighted by molar-refractivity contribution is 5.93. The van der Waals surface area contributed by atoms with Crippen molar-refractivity contribution in [1.82, 2.24) is 29.7 Å². The molecule has 0 spiro atoms. The van der Waals surface area contributed by atoms with Crippen LogP contribution >= 0.6 is 0 Å². The molecular weight excluding hydrogens is 356 g/mol. The third kappa shape index (κ3) is 5.35. The lowest BCUT2D eigenvalue weighted by atomic mass is 10.2. The predicted octanol–water partition coefficient (Wildman–Crippen LogP) is 0.901. The molecule has 0 aromatic carbocycles. The number of hydrogen-bond acceptors (Lipinski definition) is 8. The van der Waals surface area contributed by atoms with Crippen molar-refractivity contribution in [2.24, 2.45) is 0 Å². The standard InChI is InChI=1S/C19H28N8O/c1-15-23-16(14-17(24-15)20-8-5-9-25(2)3)18(28)26-10-12-27(13-11-26)19-21-6-4-7-22-19/h4,6-7,14H,5,8-13H2,1-3H3,(H,20,23,24). The quantitative estimate of drug-likeness (QED) is 0.704. The molecule has 3 heterocycles. The van der Waals surface area contributed by atoms with E-state index >= 15 is 0 Å². The number of anilines is 2. The molecule has 0 bridgehead atoms. The van der Waals surface area contributed by atoms with Crippen molar-refractivity contribution in [1.29, 1.82) is 0 Å². The first-order valence-electron chi connectivity index (χ1n) is 9.58. The van der Waals surface area contributed by atoms with Crippen LogP contribution in [0.4, 0.5) is 11.8 Å². The molecule has 0 unspecified atom stereocenters. The van der Waals surface area contributed by atoms with Crippen molar-refractivity contribution in [2.45, 2.75) is 13.3 Å². The summed E-state index contributed by atoms with van der Waals surface area (Å²) in [6.07, 6.45) is 4.47. The fourth-order valence-corrected chi connectivity index (χ4v) is 3.11. The largest absolute Gasteiger partial charge is 0.370 e. The summed E-state index contributed by atoms with van der Waals surface area (Å²) in [6.45, 7) is 6.26. The average molecular weight is 384 g/mol. The van der Waals surface area contributed by atoms with Crippen molar-refractivity contribution >= 4 is 17.7 Å². The van der Waals surface area contributed by atoms with E-state index in [4.69, 9.17) is 0 Å². The van der Waals surface area contributed by atoms with Crippen molar-refractivity contribution < 1.29 is 4.79 Å². The fraction of sp³-hybridized carbons (Fsp3) is 0.526. The Hall–Kier alpha value is -2.81. The number of carbonyl (C=O) groups excluding carboxylic acids is 1. The Morgan fingerprint density at radius 3 is 2.54 bits per heavy atom. The van der Waals surface area contributed by atoms with E-state index in [-0.39, 0.29) is 5.91 Å². The van der Waals surface area contributed by atoms with Crippen LogP contribution in [0.1, 0.15) is 22.7 Å². The summed E-state index contributed by atoms with van der Waals surface area (Å²) in [7, 11) is 4.10. The van der Waals surface area contributed by atoms with E-state index in [0.29, 0.717) is 49.5 Å². The first-order chi connectivity index (χ1) is 13.5. The lowest BCUT2D eigenvalue weighted by Gasteiger charge is -2.34. The molecule has 28 heavy (non-hydrogen) atoms. The van der Waals surface area contributed by atoms with E-state index in [0.717, 1.165) is 19.5 Å². The highest BCUT2D eigenvalue weighted by atomic mass is 16.2. The molecule has 1 amide bonds. The van der Waals surface area contributed by atoms with Gasteiger partial charge in [0.05, 0.1) is 0 Å². The summed E-state index contributed by atoms with van der Waals surface area (Å²) >= 11 is 0. The third-order valence-electron chi connectivity index (χ3n) is 4.55. The highest BCUT2D eigenvalue weighted by Crippen LogP contribution is 2.14. The van der Waals surface area contributed by atoms with Crippen LogP contribution in [0.5, 0.6) is 0 Å². The van der Waals surface area contributed by atoms with E-state index in [2.05, 4.69) is 49.1 Å². The van der Waals surface area contributed by atoms with Gasteiger partial charge in [0.25, 0.3) is 5.91 Å². The Labute approximate surface area is 165 Å². The minimum Gasteiger partial charge on any atom is -0.370 e. The van der Waals surface area contributed by atoms with E-state index in [1.54, 1.807) is 24.5 Å². The first-order valence-corrected chi connectivity index (χ1v) is 9.58. The number of nitrogens with zero attached hydrogens (tertiary/aromatic N) is 7. The monoisotopic (exact) mass is 384 g/mol. The van der Waals surface area contributed by atoms with Crippen LogP contribution in [-0.2, 0) is 0 Å². The second-order valence-electron chi connectivity index (χ2n) is 7.10. The van der Waals surface area contributed by atoms with Gasteiger partial charge in [-0.3, -0.25) is 4.79 Å². The Morgan fingerprint density at radius 1 is 1.14 bits per heavy atom. The van der Waals surface area contributed by atoms with Gasteiger partial charge in [0.1, 0.15) is 17.3 Å². The van der Waals surface area contributed by atoms with Gasteiger partial charge in [-0.1, -0.05) is 0 Å². The normalized spacial score (nSPS) is 14.4. The Morgan fingerprint density at radius 2 is 1.86 bits per heavy atom. The fourth-order valence-electron chi connectivity index (χ4n) is 3.11. The third-order valence-corrected chi connectivity index (χ3v) is 4.55. The topological polar surface area (TPSA) is 90.4 Å². The molecule has 0 saturated carbocycles. The molecule has 9 nitrogen and oxygen atoms in total. The van der Waals surface area contributed by atoms with Gasteiger partial charge in [-0.25, -0.2) is 19.9 Å². The van der Waals surface area contributed by atoms with Crippen molar-refractivity contribution in [2.75, 3.05) is 63.6 Å². The van der Waals surface area contributed by atoms with Gasteiger partial charge >= 0.3 is 0 Å². The van der Waals surface area contributed by atoms with Crippen LogP contribution in [0.15, 0.2) is 24.5 Å². The SMILES string of the molecule is Cc1nc(NCCCN(C)C)cc(C(=O)N2CCN(c3ncccn3)CC2)n1. The number of rotatable bonds is 7. The zero-order valence-electron chi connectivity index (χ0n) is 16.8. The number of aryl methyl sites for hydroxylation is 1. The van der Waals surface area contributed by atoms with Gasteiger partial charge in [-0.2, -0.15) is 0 Å². The number of nitrogens with one attached hydrogen (secondary N) is 1. The summed E-state index contributed by atoms with van der Waals surface area (Å²) < 4.78 is 0. The second kappa shape index (κ2) is 9.41. The maximum Gasteiger partial charge on any atom is 0.272 e. The predicted molar refractivity (Wildman–Crippen MR) is 109 cm³/mol. The van der Waals surface area contributed by atoms with Crippen LogP contribution in [0.2, 0.25) is 0 Å². The van der Waals surface area contributed by atoms with E-state index in [1.807, 2.05) is 11.8 Å². The molecule has 1 aliphatic rings. The van der Waals surface area contributed by atoms with Crippen LogP contribution in [-0.4, -0.2) is 89.0 Å². The number of aromatic nitrogens is 4. The molecule has 3 rings (SSSR count). The molecular formula is C19H28N8O. The van der Waals surface area contributed by atoms with Gasteiger partial charge in [0, 0.05) is 51.2 Å². The van der Waals surface area contributed by atoms with E-state index in [9.17, 15) is 4.79 Å². The zero-order valence-corrected chi connectivity index (χ0v) is 16.8. The summed E-state index contributed by atoms with van der Waals surface area (Å²) in [5, 5.41) is 3.29. The van der Waals surface area contributed by atoms with Gasteiger partial charge in [-0.15, -0.1) is 0 Å². The zero-order chi connectivity index (χ0) is 19.9. The maximum atomic E-state index is 12.9. The highest BCUT2D eigenvalue weighted by Gasteiger charge is 2.24. The smallest absolute Gasteiger partial charge is 0.272 e. The first kappa shape index (κ1) is 19.9. The van der Waals surface area contributed by atoms with Gasteiger partial charge in [-0.05, 0) is 40.1 Å². The van der Waals surface area contributed by atoms with Crippen LogP contribution in [0.25, 0.3) is 0 Å². The Kier molecular flexibility index (Phi) is 6.70. The van der Waals surface area contributed by atoms with E-state index < -0.39 is 0 Å². The molecule has 2 aromatic heterocycles. The minimum atomic E-state index is -0.0597. The summed E-state index contributed by atoms with van der Waals surface area (Å²) in [6, 6.07) is 3.55. The molecule has 1 saturated heterocycles. The molecule has 0 atom stereocenters. The molecule has 1 aliphatic heterocycles. The number of hydrogen-bond donors (Lipinski definition) is 1. The Balaban J connectivity index is 1.58. The van der Waals surface area contributed by atoms with Crippen LogP contribution < -0.4 is 10.2 Å². The maximum absolute atomic E-state index is 12.9. The number of carbonyl (C=O) groups is 1. The second-order valence-corrected chi connectivity index (χ2v) is 7.10. The van der Waals surface area contributed by atoms with Gasteiger partial charge in [0.15, 0.2) is 0 Å². The van der Waals surface area contributed by atoms with Crippen molar-refractivity contribution in [3.63, 3.8) is 0 Å². The molecule has 0 aliphatic carbocycles. The van der Waals surface area contributed by atoms with Gasteiger partial charge < -0.3 is 20.0 Å². The number of amides is 1. The van der Waals surface area contributed by atoms with Crippen LogP contribution in [0.3, 0.4) is 0 Å². The molecule has 2 aromatic rings. The van der Waals surface area contributed by atoms with Crippen molar-refractivity contribution in [3.05, 3.63) is 36.0 Å². The van der Waals surface area contributed by atoms with E-state index in [1.165, 1.54) is 0 Å².